The highest BCUT2D eigenvalue weighted by molar-refractivity contribution is 7.80. The van der Waals surface area contributed by atoms with Gasteiger partial charge in [0.1, 0.15) is 5.75 Å². The van der Waals surface area contributed by atoms with Crippen molar-refractivity contribution in [2.75, 3.05) is 23.4 Å². The van der Waals surface area contributed by atoms with Crippen molar-refractivity contribution in [3.63, 3.8) is 0 Å². The van der Waals surface area contributed by atoms with E-state index in [1.165, 1.54) is 0 Å². The minimum absolute atomic E-state index is 0.0854. The van der Waals surface area contributed by atoms with Crippen LogP contribution >= 0.6 is 12.2 Å². The third-order valence-corrected chi connectivity index (χ3v) is 5.53. The number of carbonyl (C=O) groups excluding carboxylic acids is 2. The van der Waals surface area contributed by atoms with Gasteiger partial charge >= 0.3 is 0 Å². The van der Waals surface area contributed by atoms with Gasteiger partial charge in [0.05, 0.1) is 6.61 Å². The average molecular weight is 490 g/mol. The maximum atomic E-state index is 12.9. The third-order valence-electron chi connectivity index (χ3n) is 5.33. The maximum Gasteiger partial charge on any atom is 0.258 e. The lowest BCUT2D eigenvalue weighted by Crippen LogP contribution is -2.34. The minimum atomic E-state index is -0.315. The molecule has 2 amide bonds. The minimum Gasteiger partial charge on any atom is -0.494 e. The molecule has 0 bridgehead atoms. The summed E-state index contributed by atoms with van der Waals surface area (Å²) in [5.41, 5.74) is 2.56. The molecule has 2 N–H and O–H groups in total. The van der Waals surface area contributed by atoms with Crippen LogP contribution < -0.4 is 20.3 Å². The first-order valence-electron chi connectivity index (χ1n) is 11.7. The topological polar surface area (TPSA) is 70.7 Å². The Morgan fingerprint density at radius 3 is 2.14 bits per heavy atom. The summed E-state index contributed by atoms with van der Waals surface area (Å²) in [7, 11) is 0. The van der Waals surface area contributed by atoms with Crippen LogP contribution in [0.25, 0.3) is 0 Å². The first-order valence-corrected chi connectivity index (χ1v) is 12.1. The van der Waals surface area contributed by atoms with Crippen molar-refractivity contribution in [3.05, 3.63) is 90.0 Å². The molecule has 3 aromatic carbocycles. The summed E-state index contributed by atoms with van der Waals surface area (Å²) in [6.45, 7) is 7.44. The van der Waals surface area contributed by atoms with Crippen molar-refractivity contribution >= 4 is 40.5 Å². The Hall–Kier alpha value is -3.71. The fourth-order valence-electron chi connectivity index (χ4n) is 3.36. The molecular formula is C28H31N3O3S. The summed E-state index contributed by atoms with van der Waals surface area (Å²) >= 11 is 5.29. The zero-order valence-electron chi connectivity index (χ0n) is 20.3. The van der Waals surface area contributed by atoms with Crippen LogP contribution in [0.4, 0.5) is 11.4 Å². The first kappa shape index (κ1) is 25.9. The number of amides is 2. The van der Waals surface area contributed by atoms with Gasteiger partial charge in [-0.2, -0.15) is 0 Å². The third kappa shape index (κ3) is 7.65. The average Bonchev–Trinajstić information content (AvgIpc) is 2.85. The Morgan fingerprint density at radius 1 is 0.914 bits per heavy atom. The molecule has 6 nitrogen and oxygen atoms in total. The summed E-state index contributed by atoms with van der Waals surface area (Å²) < 4.78 is 5.69. The summed E-state index contributed by atoms with van der Waals surface area (Å²) in [4.78, 5) is 27.2. The van der Waals surface area contributed by atoms with E-state index in [-0.39, 0.29) is 16.9 Å². The molecule has 0 fully saturated rings. The normalized spacial score (nSPS) is 10.5. The fourth-order valence-corrected chi connectivity index (χ4v) is 3.57. The van der Waals surface area contributed by atoms with Gasteiger partial charge in [-0.15, -0.1) is 0 Å². The van der Waals surface area contributed by atoms with Crippen LogP contribution in [0.15, 0.2) is 78.9 Å². The SMILES string of the molecule is CCN(C(=O)c1ccc(NC(=S)NC(=O)c2ccc(OCCC(C)C)cc2)cc1)c1ccccc1. The second-order valence-corrected chi connectivity index (χ2v) is 8.83. The Labute approximate surface area is 212 Å². The van der Waals surface area contributed by atoms with E-state index < -0.39 is 0 Å². The number of benzene rings is 3. The molecule has 0 unspecified atom stereocenters. The van der Waals surface area contributed by atoms with E-state index in [4.69, 9.17) is 17.0 Å². The van der Waals surface area contributed by atoms with E-state index in [9.17, 15) is 9.59 Å². The van der Waals surface area contributed by atoms with Gasteiger partial charge in [-0.3, -0.25) is 14.9 Å². The molecule has 0 saturated carbocycles. The lowest BCUT2D eigenvalue weighted by atomic mass is 10.1. The van der Waals surface area contributed by atoms with Crippen LogP contribution in [-0.2, 0) is 0 Å². The molecular weight excluding hydrogens is 458 g/mol. The van der Waals surface area contributed by atoms with E-state index in [0.29, 0.717) is 35.9 Å². The molecule has 0 aliphatic heterocycles. The number of thiocarbonyl (C=S) groups is 1. The van der Waals surface area contributed by atoms with Gasteiger partial charge < -0.3 is 15.0 Å². The van der Waals surface area contributed by atoms with Gasteiger partial charge in [0.2, 0.25) is 0 Å². The lowest BCUT2D eigenvalue weighted by molar-refractivity contribution is 0.0973. The van der Waals surface area contributed by atoms with Crippen LogP contribution in [0.5, 0.6) is 5.75 Å². The highest BCUT2D eigenvalue weighted by atomic mass is 32.1. The summed E-state index contributed by atoms with van der Waals surface area (Å²) in [5, 5.41) is 5.83. The van der Waals surface area contributed by atoms with Crippen molar-refractivity contribution in [3.8, 4) is 5.75 Å². The van der Waals surface area contributed by atoms with Gasteiger partial charge in [-0.05, 0) is 92.1 Å². The van der Waals surface area contributed by atoms with E-state index in [0.717, 1.165) is 17.9 Å². The number of hydrogen-bond acceptors (Lipinski definition) is 4. The smallest absolute Gasteiger partial charge is 0.258 e. The van der Waals surface area contributed by atoms with Gasteiger partial charge in [-0.25, -0.2) is 0 Å². The van der Waals surface area contributed by atoms with Crippen LogP contribution in [0.2, 0.25) is 0 Å². The second-order valence-electron chi connectivity index (χ2n) is 8.43. The molecule has 3 aromatic rings. The molecule has 0 aromatic heterocycles. The van der Waals surface area contributed by atoms with E-state index in [1.54, 1.807) is 53.4 Å². The van der Waals surface area contributed by atoms with Gasteiger partial charge in [-0.1, -0.05) is 32.0 Å². The van der Waals surface area contributed by atoms with Crippen LogP contribution in [-0.4, -0.2) is 30.1 Å². The monoisotopic (exact) mass is 489 g/mol. The summed E-state index contributed by atoms with van der Waals surface area (Å²) in [5.74, 6) is 0.902. The number of nitrogens with one attached hydrogen (secondary N) is 2. The van der Waals surface area contributed by atoms with Crippen molar-refractivity contribution in [2.24, 2.45) is 5.92 Å². The fraction of sp³-hybridized carbons (Fsp3) is 0.250. The zero-order chi connectivity index (χ0) is 25.2. The van der Waals surface area contributed by atoms with Crippen molar-refractivity contribution in [1.82, 2.24) is 5.32 Å². The van der Waals surface area contributed by atoms with E-state index in [1.807, 2.05) is 37.3 Å². The summed E-state index contributed by atoms with van der Waals surface area (Å²) in [6, 6.07) is 23.5. The zero-order valence-corrected chi connectivity index (χ0v) is 21.1. The molecule has 0 atom stereocenters. The van der Waals surface area contributed by atoms with Gasteiger partial charge in [0.15, 0.2) is 5.11 Å². The van der Waals surface area contributed by atoms with Crippen molar-refractivity contribution in [1.29, 1.82) is 0 Å². The van der Waals surface area contributed by atoms with Crippen LogP contribution in [0.1, 0.15) is 47.9 Å². The Bertz CT molecular complexity index is 1130. The second kappa shape index (κ2) is 12.7. The molecule has 7 heteroatoms. The molecule has 0 saturated heterocycles. The molecule has 0 aliphatic rings. The van der Waals surface area contributed by atoms with E-state index >= 15 is 0 Å². The van der Waals surface area contributed by atoms with Crippen molar-refractivity contribution < 1.29 is 14.3 Å². The standard InChI is InChI=1S/C28H31N3O3S/c1-4-31(24-8-6-5-7-9-24)27(33)22-10-14-23(15-11-22)29-28(35)30-26(32)21-12-16-25(17-13-21)34-19-18-20(2)3/h5-17,20H,4,18-19H2,1-3H3,(H2,29,30,32,35). The number of hydrogen-bond donors (Lipinski definition) is 2. The van der Waals surface area contributed by atoms with Crippen LogP contribution in [0, 0.1) is 5.92 Å². The highest BCUT2D eigenvalue weighted by Gasteiger charge is 2.16. The number of rotatable bonds is 9. The van der Waals surface area contributed by atoms with E-state index in [2.05, 4.69) is 24.5 Å². The molecule has 0 spiro atoms. The van der Waals surface area contributed by atoms with Gasteiger partial charge in [0.25, 0.3) is 11.8 Å². The Balaban J connectivity index is 1.53. The molecule has 0 radical (unpaired) electrons. The Morgan fingerprint density at radius 2 is 1.54 bits per heavy atom. The molecule has 0 aliphatic carbocycles. The largest absolute Gasteiger partial charge is 0.494 e. The highest BCUT2D eigenvalue weighted by Crippen LogP contribution is 2.18. The van der Waals surface area contributed by atoms with Crippen molar-refractivity contribution in [2.45, 2.75) is 27.2 Å². The summed E-state index contributed by atoms with van der Waals surface area (Å²) in [6.07, 6.45) is 0.973. The maximum absolute atomic E-state index is 12.9. The quantitative estimate of drug-likeness (QED) is 0.366. The first-order chi connectivity index (χ1) is 16.9. The number of ether oxygens (including phenoxy) is 1. The number of anilines is 2. The lowest BCUT2D eigenvalue weighted by Gasteiger charge is -2.21. The molecule has 182 valence electrons. The molecule has 35 heavy (non-hydrogen) atoms. The number of para-hydroxylation sites is 1. The molecule has 3 rings (SSSR count). The predicted molar refractivity (Wildman–Crippen MR) is 145 cm³/mol. The molecule has 0 heterocycles. The van der Waals surface area contributed by atoms with Gasteiger partial charge in [0, 0.05) is 29.0 Å². The number of nitrogens with zero attached hydrogens (tertiary/aromatic N) is 1. The predicted octanol–water partition coefficient (Wildman–Crippen LogP) is 5.91. The van der Waals surface area contributed by atoms with Crippen LogP contribution in [0.3, 0.4) is 0 Å². The number of carbonyl (C=O) groups is 2. The Kier molecular flexibility index (Phi) is 9.38.